The average molecular weight is 748 g/mol. The first kappa shape index (κ1) is 29.2. The maximum Gasteiger partial charge on any atom is 0.416 e. The van der Waals surface area contributed by atoms with Crippen molar-refractivity contribution in [3.63, 3.8) is 0 Å². The molecule has 0 aliphatic heterocycles. The van der Waals surface area contributed by atoms with E-state index in [1.165, 1.54) is 35.2 Å². The van der Waals surface area contributed by atoms with Crippen LogP contribution < -0.4 is 4.72 Å². The van der Waals surface area contributed by atoms with Gasteiger partial charge in [-0.2, -0.15) is 18.9 Å². The smallest absolute Gasteiger partial charge is 0.385 e. The number of sulfonamides is 1. The summed E-state index contributed by atoms with van der Waals surface area (Å²) in [4.78, 5) is 4.70. The van der Waals surface area contributed by atoms with Gasteiger partial charge in [0.15, 0.2) is 4.34 Å². The number of nitrogens with zero attached hydrogens (tertiary/aromatic N) is 1. The normalized spacial score (nSPS) is 11.6. The molecular formula is C21H12ClF3N2O2S3VW-2. The zero-order chi connectivity index (χ0) is 23.1. The van der Waals surface area contributed by atoms with E-state index in [-0.39, 0.29) is 45.3 Å². The van der Waals surface area contributed by atoms with E-state index >= 15 is 0 Å². The molecule has 0 unspecified atom stereocenters. The third kappa shape index (κ3) is 6.81. The van der Waals surface area contributed by atoms with Crippen LogP contribution in [-0.2, 0) is 55.8 Å². The third-order valence-electron chi connectivity index (χ3n) is 4.23. The number of aryl methyl sites for hydroxylation is 1. The number of hydrogen-bond acceptors (Lipinski definition) is 5. The number of anilines is 1. The van der Waals surface area contributed by atoms with Gasteiger partial charge in [0.05, 0.1) is 20.8 Å². The van der Waals surface area contributed by atoms with Crippen molar-refractivity contribution in [2.75, 3.05) is 4.72 Å². The number of nitrogens with one attached hydrogen (secondary N) is 1. The fourth-order valence-electron chi connectivity index (χ4n) is 2.74. The van der Waals surface area contributed by atoms with Crippen LogP contribution in [0.15, 0.2) is 62.7 Å². The molecule has 0 atom stereocenters. The summed E-state index contributed by atoms with van der Waals surface area (Å²) in [6.07, 6.45) is -4.63. The molecule has 4 aromatic rings. The molecule has 0 aliphatic rings. The van der Waals surface area contributed by atoms with E-state index in [0.29, 0.717) is 17.0 Å². The largest absolute Gasteiger partial charge is 0.416 e. The molecule has 0 spiro atoms. The summed E-state index contributed by atoms with van der Waals surface area (Å²) in [7, 11) is -4.21. The molecule has 3 aromatic carbocycles. The summed E-state index contributed by atoms with van der Waals surface area (Å²) in [6.45, 7) is 1.99. The Morgan fingerprint density at radius 1 is 1.12 bits per heavy atom. The Labute approximate surface area is 233 Å². The van der Waals surface area contributed by atoms with Crippen LogP contribution in [0.5, 0.6) is 0 Å². The minimum atomic E-state index is -4.63. The van der Waals surface area contributed by atoms with Crippen molar-refractivity contribution in [1.29, 1.82) is 0 Å². The van der Waals surface area contributed by atoms with Gasteiger partial charge in [-0.15, -0.1) is 23.1 Å². The van der Waals surface area contributed by atoms with Crippen molar-refractivity contribution >= 4 is 60.6 Å². The van der Waals surface area contributed by atoms with Crippen LogP contribution in [0.4, 0.5) is 18.9 Å². The molecule has 0 bridgehead atoms. The monoisotopic (exact) mass is 747 g/mol. The molecule has 1 radical (unpaired) electrons. The average Bonchev–Trinajstić information content (AvgIpc) is 3.09. The van der Waals surface area contributed by atoms with Crippen LogP contribution in [0.2, 0.25) is 5.02 Å². The number of aromatic nitrogens is 1. The van der Waals surface area contributed by atoms with Gasteiger partial charge in [-0.05, 0) is 42.8 Å². The second-order valence-corrected chi connectivity index (χ2v) is 11.0. The summed E-state index contributed by atoms with van der Waals surface area (Å²) in [5, 5.41) is -0.529. The Morgan fingerprint density at radius 3 is 2.41 bits per heavy atom. The van der Waals surface area contributed by atoms with E-state index in [9.17, 15) is 21.6 Å². The topological polar surface area (TPSA) is 59.1 Å². The van der Waals surface area contributed by atoms with Gasteiger partial charge in [0, 0.05) is 39.6 Å². The summed E-state index contributed by atoms with van der Waals surface area (Å²) in [5.74, 6) is 0. The van der Waals surface area contributed by atoms with Gasteiger partial charge in [0.25, 0.3) is 0 Å². The predicted octanol–water partition coefficient (Wildman–Crippen LogP) is 6.82. The number of benzene rings is 3. The summed E-state index contributed by atoms with van der Waals surface area (Å²) in [6, 6.07) is 16.7. The first-order valence-corrected chi connectivity index (χ1v) is 12.4. The fraction of sp³-hybridized carbons (Fsp3) is 0.0952. The standard InChI is InChI=1S/C21H12ClF3N2O2S3.V.W/c1-12-2-8-18-17(10-12)26-20(31-18)30-15-6-4-14(5-7-15)27-32(28,29)19-9-3-13(11-16(19)22)21(23,24)25;;/h2-5,8-11,27H,1H3;;/q-2;;. The minimum Gasteiger partial charge on any atom is -0.385 e. The van der Waals surface area contributed by atoms with Crippen molar-refractivity contribution in [1.82, 2.24) is 4.98 Å². The first-order valence-electron chi connectivity index (χ1n) is 8.89. The fourth-order valence-corrected chi connectivity index (χ4v) is 6.24. The molecule has 13 heteroatoms. The Kier molecular flexibility index (Phi) is 9.78. The Bertz CT molecular complexity index is 1420. The van der Waals surface area contributed by atoms with E-state index in [4.69, 9.17) is 11.6 Å². The quantitative estimate of drug-likeness (QED) is 0.228. The summed E-state index contributed by atoms with van der Waals surface area (Å²) in [5.41, 5.74) is 1.12. The van der Waals surface area contributed by atoms with Crippen LogP contribution in [0.1, 0.15) is 11.1 Å². The van der Waals surface area contributed by atoms with Gasteiger partial charge in [-0.1, -0.05) is 17.7 Å². The predicted molar refractivity (Wildman–Crippen MR) is 120 cm³/mol. The molecule has 1 heterocycles. The van der Waals surface area contributed by atoms with Crippen molar-refractivity contribution in [2.24, 2.45) is 0 Å². The number of alkyl halides is 3. The van der Waals surface area contributed by atoms with E-state index in [2.05, 4.69) is 21.8 Å². The van der Waals surface area contributed by atoms with Gasteiger partial charge in [-0.25, -0.2) is 18.3 Å². The summed E-state index contributed by atoms with van der Waals surface area (Å²) < 4.78 is 67.6. The van der Waals surface area contributed by atoms with Crippen molar-refractivity contribution in [2.45, 2.75) is 27.2 Å². The van der Waals surface area contributed by atoms with E-state index in [1.54, 1.807) is 0 Å². The second kappa shape index (κ2) is 11.4. The Balaban J connectivity index is 0.00000204. The van der Waals surface area contributed by atoms with Gasteiger partial charge >= 0.3 is 6.18 Å². The Hall–Kier alpha value is -0.997. The molecule has 0 saturated carbocycles. The van der Waals surface area contributed by atoms with E-state index in [0.717, 1.165) is 26.2 Å². The molecule has 1 N–H and O–H groups in total. The van der Waals surface area contributed by atoms with Crippen molar-refractivity contribution < 1.29 is 61.2 Å². The van der Waals surface area contributed by atoms with Crippen LogP contribution in [0.3, 0.4) is 0 Å². The van der Waals surface area contributed by atoms with Gasteiger partial charge in [-0.3, -0.25) is 12.1 Å². The van der Waals surface area contributed by atoms with Crippen LogP contribution >= 0.6 is 34.7 Å². The molecule has 0 amide bonds. The van der Waals surface area contributed by atoms with Crippen molar-refractivity contribution in [3.8, 4) is 0 Å². The SMILES string of the molecule is Cc1ccc2sc(Sc3[c-]cc(NS(=O)(=O)c4ccc(C(F)(F)F)cc4Cl)c[c-]3)nc2c1.[V].[W]. The summed E-state index contributed by atoms with van der Waals surface area (Å²) >= 11 is 8.66. The van der Waals surface area contributed by atoms with Gasteiger partial charge < -0.3 is 16.9 Å². The molecule has 4 nitrogen and oxygen atoms in total. The van der Waals surface area contributed by atoms with Crippen LogP contribution in [0.25, 0.3) is 10.2 Å². The molecule has 0 fully saturated rings. The van der Waals surface area contributed by atoms with Gasteiger partial charge in [0.2, 0.25) is 10.0 Å². The van der Waals surface area contributed by atoms with E-state index in [1.807, 2.05) is 25.1 Å². The second-order valence-electron chi connectivity index (χ2n) is 6.66. The number of fused-ring (bicyclic) bond motifs is 1. The third-order valence-corrected chi connectivity index (χ3v) is 8.13. The van der Waals surface area contributed by atoms with Crippen LogP contribution in [-0.4, -0.2) is 13.4 Å². The molecule has 177 valence electrons. The molecule has 0 saturated heterocycles. The first-order chi connectivity index (χ1) is 15.0. The van der Waals surface area contributed by atoms with E-state index < -0.39 is 31.7 Å². The van der Waals surface area contributed by atoms with Crippen LogP contribution in [0, 0.1) is 19.1 Å². The maximum absolute atomic E-state index is 12.8. The maximum atomic E-state index is 12.8. The minimum absolute atomic E-state index is 0. The Morgan fingerprint density at radius 2 is 1.79 bits per heavy atom. The molecule has 1 aromatic heterocycles. The molecular weight excluding hydrogens is 736 g/mol. The number of thiazole rings is 1. The molecule has 34 heavy (non-hydrogen) atoms. The van der Waals surface area contributed by atoms with Gasteiger partial charge in [0.1, 0.15) is 4.90 Å². The van der Waals surface area contributed by atoms with Crippen molar-refractivity contribution in [3.05, 3.63) is 76.8 Å². The number of halogens is 4. The zero-order valence-corrected chi connectivity index (χ0v) is 24.5. The molecule has 4 rings (SSSR count). The zero-order valence-electron chi connectivity index (χ0n) is 17.0. The number of hydrogen-bond donors (Lipinski definition) is 1. The molecule has 0 aliphatic carbocycles. The number of rotatable bonds is 5.